The van der Waals surface area contributed by atoms with Crippen molar-refractivity contribution in [1.29, 1.82) is 0 Å². The fraction of sp³-hybridized carbons (Fsp3) is 0.250. The average molecular weight is 256 g/mol. The predicted molar refractivity (Wildman–Crippen MR) is 50.7 cm³/mol. The van der Waals surface area contributed by atoms with Crippen LogP contribution in [0.5, 0.6) is 0 Å². The monoisotopic (exact) mass is 255 g/mol. The molecular formula is C8H5Cl2F2NO2. The minimum absolute atomic E-state index is 0.0939. The van der Waals surface area contributed by atoms with E-state index in [-0.39, 0.29) is 16.6 Å². The van der Waals surface area contributed by atoms with Gasteiger partial charge in [0, 0.05) is 11.8 Å². The molecule has 1 rings (SSSR count). The van der Waals surface area contributed by atoms with E-state index in [4.69, 9.17) is 28.3 Å². The molecule has 0 spiro atoms. The SMILES string of the molecule is O=C(O)c1c(C(F)F)cnc(Cl)c1CCl. The lowest BCUT2D eigenvalue weighted by Crippen LogP contribution is -2.08. The average Bonchev–Trinajstić information content (AvgIpc) is 2.16. The molecule has 0 aromatic carbocycles. The van der Waals surface area contributed by atoms with Gasteiger partial charge >= 0.3 is 5.97 Å². The van der Waals surface area contributed by atoms with Crippen LogP contribution in [0.4, 0.5) is 8.78 Å². The van der Waals surface area contributed by atoms with E-state index in [9.17, 15) is 13.6 Å². The lowest BCUT2D eigenvalue weighted by atomic mass is 10.1. The van der Waals surface area contributed by atoms with Crippen LogP contribution in [0.2, 0.25) is 5.15 Å². The zero-order chi connectivity index (χ0) is 11.6. The number of aromatic nitrogens is 1. The standard InChI is InChI=1S/C8H5Cl2F2NO2/c9-1-3-5(8(14)15)4(7(11)12)2-13-6(3)10/h2,7H,1H2,(H,14,15). The van der Waals surface area contributed by atoms with E-state index in [0.717, 1.165) is 6.20 Å². The lowest BCUT2D eigenvalue weighted by Gasteiger charge is -2.09. The summed E-state index contributed by atoms with van der Waals surface area (Å²) in [6.45, 7) is 0. The molecule has 0 unspecified atom stereocenters. The number of halogens is 4. The van der Waals surface area contributed by atoms with Gasteiger partial charge in [0.05, 0.1) is 17.0 Å². The van der Waals surface area contributed by atoms with Gasteiger partial charge in [0.15, 0.2) is 0 Å². The normalized spacial score (nSPS) is 10.7. The van der Waals surface area contributed by atoms with Crippen LogP contribution in [0.25, 0.3) is 0 Å². The molecule has 1 heterocycles. The van der Waals surface area contributed by atoms with E-state index >= 15 is 0 Å². The zero-order valence-electron chi connectivity index (χ0n) is 7.18. The predicted octanol–water partition coefficient (Wildman–Crippen LogP) is 3.11. The number of hydrogen-bond acceptors (Lipinski definition) is 2. The van der Waals surface area contributed by atoms with Crippen molar-refractivity contribution in [2.75, 3.05) is 0 Å². The van der Waals surface area contributed by atoms with Gasteiger partial charge < -0.3 is 5.11 Å². The molecule has 1 N–H and O–H groups in total. The Balaban J connectivity index is 3.49. The molecule has 0 bridgehead atoms. The molecule has 7 heteroatoms. The molecule has 0 atom stereocenters. The van der Waals surface area contributed by atoms with Crippen LogP contribution in [-0.4, -0.2) is 16.1 Å². The van der Waals surface area contributed by atoms with Crippen LogP contribution >= 0.6 is 23.2 Å². The molecule has 0 saturated heterocycles. The van der Waals surface area contributed by atoms with Crippen LogP contribution in [-0.2, 0) is 5.88 Å². The molecule has 82 valence electrons. The number of nitrogens with zero attached hydrogens (tertiary/aromatic N) is 1. The van der Waals surface area contributed by atoms with E-state index in [1.807, 2.05) is 0 Å². The molecular weight excluding hydrogens is 251 g/mol. The first-order valence-electron chi connectivity index (χ1n) is 3.73. The number of alkyl halides is 3. The summed E-state index contributed by atoms with van der Waals surface area (Å²) in [6.07, 6.45) is -2.19. The highest BCUT2D eigenvalue weighted by atomic mass is 35.5. The van der Waals surface area contributed by atoms with Gasteiger partial charge in [-0.3, -0.25) is 0 Å². The molecule has 0 fully saturated rings. The minimum atomic E-state index is -2.93. The van der Waals surface area contributed by atoms with Crippen molar-refractivity contribution in [3.05, 3.63) is 28.0 Å². The maximum Gasteiger partial charge on any atom is 0.336 e. The number of hydrogen-bond donors (Lipinski definition) is 1. The van der Waals surface area contributed by atoms with Crippen molar-refractivity contribution in [3.63, 3.8) is 0 Å². The van der Waals surface area contributed by atoms with Gasteiger partial charge in [0.2, 0.25) is 0 Å². The van der Waals surface area contributed by atoms with Crippen LogP contribution in [0, 0.1) is 0 Å². The Morgan fingerprint density at radius 2 is 2.20 bits per heavy atom. The summed E-state index contributed by atoms with van der Waals surface area (Å²) < 4.78 is 24.9. The Labute approximate surface area is 93.6 Å². The maximum atomic E-state index is 12.4. The highest BCUT2D eigenvalue weighted by Gasteiger charge is 2.23. The number of rotatable bonds is 3. The molecule has 0 amide bonds. The Morgan fingerprint density at radius 3 is 2.60 bits per heavy atom. The summed E-state index contributed by atoms with van der Waals surface area (Å²) in [7, 11) is 0. The van der Waals surface area contributed by atoms with E-state index < -0.39 is 23.5 Å². The van der Waals surface area contributed by atoms with E-state index in [1.54, 1.807) is 0 Å². The van der Waals surface area contributed by atoms with Crippen LogP contribution in [0.1, 0.15) is 27.9 Å². The van der Waals surface area contributed by atoms with Crippen LogP contribution in [0.15, 0.2) is 6.20 Å². The largest absolute Gasteiger partial charge is 0.478 e. The molecule has 0 aliphatic carbocycles. The van der Waals surface area contributed by atoms with E-state index in [2.05, 4.69) is 4.98 Å². The summed E-state index contributed by atoms with van der Waals surface area (Å²) in [4.78, 5) is 14.2. The summed E-state index contributed by atoms with van der Waals surface area (Å²) in [6, 6.07) is 0. The van der Waals surface area contributed by atoms with Gasteiger partial charge in [-0.2, -0.15) is 0 Å². The first-order chi connectivity index (χ1) is 6.99. The van der Waals surface area contributed by atoms with Gasteiger partial charge in [0.25, 0.3) is 6.43 Å². The molecule has 0 aliphatic rings. The fourth-order valence-electron chi connectivity index (χ4n) is 1.09. The molecule has 0 aliphatic heterocycles. The highest BCUT2D eigenvalue weighted by Crippen LogP contribution is 2.29. The van der Waals surface area contributed by atoms with Crippen LogP contribution < -0.4 is 0 Å². The van der Waals surface area contributed by atoms with Crippen molar-refractivity contribution in [3.8, 4) is 0 Å². The van der Waals surface area contributed by atoms with Gasteiger partial charge in [-0.15, -0.1) is 11.6 Å². The van der Waals surface area contributed by atoms with E-state index in [0.29, 0.717) is 0 Å². The summed E-state index contributed by atoms with van der Waals surface area (Å²) in [5.41, 5.74) is -1.34. The van der Waals surface area contributed by atoms with Crippen molar-refractivity contribution >= 4 is 29.2 Å². The number of aromatic carboxylic acids is 1. The Kier molecular flexibility index (Phi) is 3.82. The number of carboxylic acid groups (broad SMARTS) is 1. The quantitative estimate of drug-likeness (QED) is 0.667. The summed E-state index contributed by atoms with van der Waals surface area (Å²) in [5, 5.41) is 8.60. The van der Waals surface area contributed by atoms with Crippen molar-refractivity contribution in [1.82, 2.24) is 4.98 Å². The summed E-state index contributed by atoms with van der Waals surface area (Å²) in [5.74, 6) is -1.78. The van der Waals surface area contributed by atoms with Crippen molar-refractivity contribution in [2.45, 2.75) is 12.3 Å². The zero-order valence-corrected chi connectivity index (χ0v) is 8.69. The maximum absolute atomic E-state index is 12.4. The second-order valence-electron chi connectivity index (χ2n) is 2.60. The Bertz CT molecular complexity index is 398. The molecule has 0 saturated carbocycles. The first-order valence-corrected chi connectivity index (χ1v) is 4.65. The second-order valence-corrected chi connectivity index (χ2v) is 3.22. The van der Waals surface area contributed by atoms with Gasteiger partial charge in [-0.25, -0.2) is 18.6 Å². The molecule has 15 heavy (non-hydrogen) atoms. The second kappa shape index (κ2) is 4.72. The Hall–Kier alpha value is -0.940. The van der Waals surface area contributed by atoms with E-state index in [1.165, 1.54) is 0 Å². The minimum Gasteiger partial charge on any atom is -0.478 e. The fourth-order valence-corrected chi connectivity index (χ4v) is 1.62. The molecule has 3 nitrogen and oxygen atoms in total. The summed E-state index contributed by atoms with van der Waals surface area (Å²) >= 11 is 11.0. The number of carbonyl (C=O) groups is 1. The Morgan fingerprint density at radius 1 is 1.60 bits per heavy atom. The topological polar surface area (TPSA) is 50.2 Å². The lowest BCUT2D eigenvalue weighted by molar-refractivity contribution is 0.0683. The number of pyridine rings is 1. The molecule has 0 radical (unpaired) electrons. The molecule has 1 aromatic rings. The van der Waals surface area contributed by atoms with Crippen molar-refractivity contribution in [2.24, 2.45) is 0 Å². The number of carboxylic acids is 1. The van der Waals surface area contributed by atoms with Gasteiger partial charge in [0.1, 0.15) is 5.15 Å². The third-order valence-corrected chi connectivity index (χ3v) is 2.33. The smallest absolute Gasteiger partial charge is 0.336 e. The molecule has 1 aromatic heterocycles. The van der Waals surface area contributed by atoms with Crippen molar-refractivity contribution < 1.29 is 18.7 Å². The van der Waals surface area contributed by atoms with Gasteiger partial charge in [-0.1, -0.05) is 11.6 Å². The van der Waals surface area contributed by atoms with Gasteiger partial charge in [-0.05, 0) is 0 Å². The third kappa shape index (κ3) is 2.35. The highest BCUT2D eigenvalue weighted by molar-refractivity contribution is 6.31. The van der Waals surface area contributed by atoms with Crippen LogP contribution in [0.3, 0.4) is 0 Å². The first kappa shape index (κ1) is 12.1. The third-order valence-electron chi connectivity index (χ3n) is 1.74.